The van der Waals surface area contributed by atoms with Crippen LogP contribution < -0.4 is 10.0 Å². The second-order valence-corrected chi connectivity index (χ2v) is 8.11. The number of carbonyl (C=O) groups is 1. The lowest BCUT2D eigenvalue weighted by molar-refractivity contribution is 0.102. The molecule has 0 aliphatic rings. The van der Waals surface area contributed by atoms with Gasteiger partial charge in [0.15, 0.2) is 0 Å². The molecule has 8 heteroatoms. The summed E-state index contributed by atoms with van der Waals surface area (Å²) in [5, 5.41) is 2.72. The molecule has 0 heterocycles. The van der Waals surface area contributed by atoms with Gasteiger partial charge >= 0.3 is 0 Å². The van der Waals surface area contributed by atoms with Crippen molar-refractivity contribution in [2.75, 3.05) is 10.0 Å². The van der Waals surface area contributed by atoms with Crippen LogP contribution in [-0.2, 0) is 10.0 Å². The second kappa shape index (κ2) is 7.89. The molecule has 0 radical (unpaired) electrons. The molecule has 0 bridgehead atoms. The number of hydrogen-bond donors (Lipinski definition) is 2. The zero-order valence-corrected chi connectivity index (χ0v) is 16.2. The molecule has 0 aromatic heterocycles. The summed E-state index contributed by atoms with van der Waals surface area (Å²) < 4.78 is 41.1. The van der Waals surface area contributed by atoms with Crippen molar-refractivity contribution in [1.82, 2.24) is 0 Å². The normalized spacial score (nSPS) is 11.0. The van der Waals surface area contributed by atoms with Crippen LogP contribution in [0.3, 0.4) is 0 Å². The van der Waals surface area contributed by atoms with E-state index in [1.54, 1.807) is 18.2 Å². The van der Waals surface area contributed by atoms with Crippen LogP contribution in [0.1, 0.15) is 10.4 Å². The summed E-state index contributed by atoms with van der Waals surface area (Å²) in [5.41, 5.74) is 0.979. The molecule has 138 valence electrons. The van der Waals surface area contributed by atoms with E-state index in [9.17, 15) is 17.6 Å². The molecule has 0 fully saturated rings. The number of hydrogen-bond acceptors (Lipinski definition) is 3. The quantitative estimate of drug-likeness (QED) is 0.596. The predicted molar refractivity (Wildman–Crippen MR) is 106 cm³/mol. The Morgan fingerprint density at radius 3 is 2.33 bits per heavy atom. The van der Waals surface area contributed by atoms with Gasteiger partial charge in [0.05, 0.1) is 10.6 Å². The third-order valence-corrected chi connectivity index (χ3v) is 5.70. The van der Waals surface area contributed by atoms with E-state index in [1.165, 1.54) is 36.4 Å². The van der Waals surface area contributed by atoms with Crippen molar-refractivity contribution < 1.29 is 17.6 Å². The van der Waals surface area contributed by atoms with Gasteiger partial charge in [-0.05, 0) is 70.5 Å². The number of benzene rings is 3. The highest BCUT2D eigenvalue weighted by Crippen LogP contribution is 2.23. The minimum Gasteiger partial charge on any atom is -0.321 e. The molecule has 0 aliphatic carbocycles. The number of sulfonamides is 1. The molecule has 0 aliphatic heterocycles. The van der Waals surface area contributed by atoms with Crippen LogP contribution in [0, 0.1) is 5.82 Å². The highest BCUT2D eigenvalue weighted by atomic mass is 79.9. The Morgan fingerprint density at radius 2 is 1.63 bits per heavy atom. The molecular formula is C19H14BrFN2O3S. The minimum absolute atomic E-state index is 0.0772. The summed E-state index contributed by atoms with van der Waals surface area (Å²) in [7, 11) is -3.92. The molecule has 27 heavy (non-hydrogen) atoms. The summed E-state index contributed by atoms with van der Waals surface area (Å²) in [5.74, 6) is -0.913. The first kappa shape index (κ1) is 19.1. The fourth-order valence-corrected chi connectivity index (χ4v) is 3.78. The zero-order valence-electron chi connectivity index (χ0n) is 13.8. The SMILES string of the molecule is O=C(Nc1ccccc1Br)c1cccc(S(=O)(=O)Nc2ccc(F)cc2)c1. The smallest absolute Gasteiger partial charge is 0.261 e. The van der Waals surface area contributed by atoms with Crippen molar-refractivity contribution in [2.24, 2.45) is 0 Å². The number of halogens is 2. The second-order valence-electron chi connectivity index (χ2n) is 5.57. The Morgan fingerprint density at radius 1 is 0.926 bits per heavy atom. The highest BCUT2D eigenvalue weighted by molar-refractivity contribution is 9.10. The maximum absolute atomic E-state index is 13.0. The number of carbonyl (C=O) groups excluding carboxylic acids is 1. The fraction of sp³-hybridized carbons (Fsp3) is 0. The lowest BCUT2D eigenvalue weighted by atomic mass is 10.2. The van der Waals surface area contributed by atoms with Gasteiger partial charge in [0.25, 0.3) is 15.9 Å². The van der Waals surface area contributed by atoms with Crippen molar-refractivity contribution in [3.05, 3.63) is 88.6 Å². The number of para-hydroxylation sites is 1. The molecule has 3 aromatic rings. The van der Waals surface area contributed by atoms with Crippen LogP contribution in [0.2, 0.25) is 0 Å². The van der Waals surface area contributed by atoms with E-state index >= 15 is 0 Å². The third kappa shape index (κ3) is 4.72. The van der Waals surface area contributed by atoms with Crippen LogP contribution >= 0.6 is 15.9 Å². The fourth-order valence-electron chi connectivity index (χ4n) is 2.29. The molecule has 1 amide bonds. The minimum atomic E-state index is -3.92. The average molecular weight is 449 g/mol. The van der Waals surface area contributed by atoms with Gasteiger partial charge < -0.3 is 5.32 Å². The van der Waals surface area contributed by atoms with Crippen LogP contribution in [0.5, 0.6) is 0 Å². The average Bonchev–Trinajstić information content (AvgIpc) is 2.65. The summed E-state index contributed by atoms with van der Waals surface area (Å²) in [6, 6.07) is 17.7. The Bertz CT molecular complexity index is 1090. The lowest BCUT2D eigenvalue weighted by Gasteiger charge is -2.10. The number of amides is 1. The van der Waals surface area contributed by atoms with Gasteiger partial charge in [-0.25, -0.2) is 12.8 Å². The van der Waals surface area contributed by atoms with E-state index in [-0.39, 0.29) is 16.1 Å². The Kier molecular flexibility index (Phi) is 5.57. The standard InChI is InChI=1S/C19H14BrFN2O3S/c20-17-6-1-2-7-18(17)22-19(24)13-4-3-5-16(12-13)27(25,26)23-15-10-8-14(21)9-11-15/h1-12,23H,(H,22,24). The van der Waals surface area contributed by atoms with Crippen LogP contribution in [-0.4, -0.2) is 14.3 Å². The third-order valence-electron chi connectivity index (χ3n) is 3.63. The molecule has 0 atom stereocenters. The number of nitrogens with one attached hydrogen (secondary N) is 2. The van der Waals surface area contributed by atoms with Gasteiger partial charge in [-0.2, -0.15) is 0 Å². The maximum Gasteiger partial charge on any atom is 0.261 e. The molecule has 3 aromatic carbocycles. The van der Waals surface area contributed by atoms with E-state index in [0.717, 1.165) is 12.1 Å². The summed E-state index contributed by atoms with van der Waals surface area (Å²) >= 11 is 3.34. The van der Waals surface area contributed by atoms with E-state index in [0.29, 0.717) is 10.2 Å². The first-order valence-electron chi connectivity index (χ1n) is 7.79. The summed E-state index contributed by atoms with van der Waals surface area (Å²) in [4.78, 5) is 12.4. The van der Waals surface area contributed by atoms with Crippen LogP contribution in [0.4, 0.5) is 15.8 Å². The maximum atomic E-state index is 13.0. The highest BCUT2D eigenvalue weighted by Gasteiger charge is 2.17. The predicted octanol–water partition coefficient (Wildman–Crippen LogP) is 4.64. The van der Waals surface area contributed by atoms with Crippen molar-refractivity contribution in [1.29, 1.82) is 0 Å². The van der Waals surface area contributed by atoms with E-state index < -0.39 is 21.7 Å². The van der Waals surface area contributed by atoms with E-state index in [4.69, 9.17) is 0 Å². The summed E-state index contributed by atoms with van der Waals surface area (Å²) in [6.07, 6.45) is 0. The molecule has 3 rings (SSSR count). The van der Waals surface area contributed by atoms with Gasteiger partial charge in [-0.3, -0.25) is 9.52 Å². The Labute approximate surface area is 164 Å². The first-order chi connectivity index (χ1) is 12.8. The number of anilines is 2. The largest absolute Gasteiger partial charge is 0.321 e. The number of rotatable bonds is 5. The van der Waals surface area contributed by atoms with Crippen LogP contribution in [0.25, 0.3) is 0 Å². The van der Waals surface area contributed by atoms with Gasteiger partial charge in [-0.1, -0.05) is 18.2 Å². The van der Waals surface area contributed by atoms with Crippen molar-refractivity contribution in [3.63, 3.8) is 0 Å². The summed E-state index contributed by atoms with van der Waals surface area (Å²) in [6.45, 7) is 0. The van der Waals surface area contributed by atoms with Gasteiger partial charge in [-0.15, -0.1) is 0 Å². The monoisotopic (exact) mass is 448 g/mol. The topological polar surface area (TPSA) is 75.3 Å². The van der Waals surface area contributed by atoms with Gasteiger partial charge in [0, 0.05) is 15.7 Å². The molecule has 0 unspecified atom stereocenters. The van der Waals surface area contributed by atoms with Crippen LogP contribution in [0.15, 0.2) is 82.2 Å². The molecule has 0 spiro atoms. The zero-order chi connectivity index (χ0) is 19.4. The molecular weight excluding hydrogens is 435 g/mol. The van der Waals surface area contributed by atoms with Gasteiger partial charge in [0.2, 0.25) is 0 Å². The molecule has 0 saturated carbocycles. The van der Waals surface area contributed by atoms with Crippen molar-refractivity contribution >= 4 is 43.2 Å². The molecule has 2 N–H and O–H groups in total. The first-order valence-corrected chi connectivity index (χ1v) is 10.1. The van der Waals surface area contributed by atoms with Crippen molar-refractivity contribution in [3.8, 4) is 0 Å². The Balaban J connectivity index is 1.83. The lowest BCUT2D eigenvalue weighted by Crippen LogP contribution is -2.16. The van der Waals surface area contributed by atoms with Gasteiger partial charge in [0.1, 0.15) is 5.82 Å². The molecule has 0 saturated heterocycles. The van der Waals surface area contributed by atoms with Crippen molar-refractivity contribution in [2.45, 2.75) is 4.90 Å². The molecule has 5 nitrogen and oxygen atoms in total. The van der Waals surface area contributed by atoms with E-state index in [2.05, 4.69) is 26.0 Å². The Hall–Kier alpha value is -2.71. The van der Waals surface area contributed by atoms with E-state index in [1.807, 2.05) is 6.07 Å².